The number of halogens is 1. The molecule has 0 atom stereocenters. The van der Waals surface area contributed by atoms with Crippen LogP contribution >= 0.6 is 24.0 Å². The standard InChI is InChI=1S/C21H42N6O3.HI/c1-8-21(9-2,26-19(29)30-20(3,4)5)15-24-18(23-7)25-16-10-12-27(13-11-16)14-17(28)22-6;/h16H,8-15H2,1-7H3,(H,22,28)(H,26,29)(H2,23,24,25);1H. The molecule has 182 valence electrons. The van der Waals surface area contributed by atoms with E-state index in [1.165, 1.54) is 0 Å². The summed E-state index contributed by atoms with van der Waals surface area (Å²) in [6.07, 6.45) is 3.02. The third-order valence-corrected chi connectivity index (χ3v) is 5.51. The van der Waals surface area contributed by atoms with Gasteiger partial charge >= 0.3 is 6.09 Å². The molecule has 10 heteroatoms. The molecular formula is C21H43IN6O3. The van der Waals surface area contributed by atoms with Crippen LogP contribution in [0.1, 0.15) is 60.3 Å². The Morgan fingerprint density at radius 2 is 1.71 bits per heavy atom. The molecular weight excluding hydrogens is 511 g/mol. The molecule has 0 aromatic carbocycles. The average Bonchev–Trinajstić information content (AvgIpc) is 2.69. The van der Waals surface area contributed by atoms with Crippen molar-refractivity contribution in [2.75, 3.05) is 40.3 Å². The number of alkyl carbamates (subject to hydrolysis) is 1. The summed E-state index contributed by atoms with van der Waals surface area (Å²) in [5.41, 5.74) is -0.953. The number of carbonyl (C=O) groups is 2. The second kappa shape index (κ2) is 14.0. The Balaban J connectivity index is 0.00000900. The molecule has 0 aromatic rings. The number of carbonyl (C=O) groups excluding carboxylic acids is 2. The SMILES string of the molecule is CCC(CC)(CNC(=NC)NC1CCN(CC(=O)NC)CC1)NC(=O)OC(C)(C)C.I. The molecule has 2 amide bonds. The molecule has 1 fully saturated rings. The van der Waals surface area contributed by atoms with Crippen LogP contribution in [0.3, 0.4) is 0 Å². The highest BCUT2D eigenvalue weighted by Crippen LogP contribution is 2.16. The second-order valence-corrected chi connectivity index (χ2v) is 8.91. The molecule has 0 radical (unpaired) electrons. The Bertz CT molecular complexity index is 582. The first-order chi connectivity index (χ1) is 14.1. The van der Waals surface area contributed by atoms with Gasteiger partial charge in [0.15, 0.2) is 5.96 Å². The van der Waals surface area contributed by atoms with Crippen molar-refractivity contribution in [1.29, 1.82) is 0 Å². The van der Waals surface area contributed by atoms with E-state index < -0.39 is 17.2 Å². The van der Waals surface area contributed by atoms with Crippen molar-refractivity contribution in [3.05, 3.63) is 0 Å². The van der Waals surface area contributed by atoms with Crippen molar-refractivity contribution in [3.8, 4) is 0 Å². The summed E-state index contributed by atoms with van der Waals surface area (Å²) < 4.78 is 5.44. The molecule has 1 heterocycles. The highest BCUT2D eigenvalue weighted by Gasteiger charge is 2.31. The van der Waals surface area contributed by atoms with E-state index in [9.17, 15) is 9.59 Å². The number of likely N-dealkylation sites (tertiary alicyclic amines) is 1. The lowest BCUT2D eigenvalue weighted by atomic mass is 9.93. The summed E-state index contributed by atoms with van der Waals surface area (Å²) in [6, 6.07) is 0.300. The normalized spacial score (nSPS) is 16.2. The van der Waals surface area contributed by atoms with Gasteiger partial charge in [-0.2, -0.15) is 0 Å². The minimum Gasteiger partial charge on any atom is -0.444 e. The first kappa shape index (κ1) is 29.7. The third kappa shape index (κ3) is 11.2. The van der Waals surface area contributed by atoms with Gasteiger partial charge in [0.05, 0.1) is 12.1 Å². The lowest BCUT2D eigenvalue weighted by Gasteiger charge is -2.36. The van der Waals surface area contributed by atoms with Crippen LogP contribution in [0.2, 0.25) is 0 Å². The molecule has 0 saturated carbocycles. The summed E-state index contributed by atoms with van der Waals surface area (Å²) in [7, 11) is 3.41. The number of hydrogen-bond donors (Lipinski definition) is 4. The maximum absolute atomic E-state index is 12.3. The maximum Gasteiger partial charge on any atom is 0.408 e. The molecule has 0 aromatic heterocycles. The topological polar surface area (TPSA) is 107 Å². The first-order valence-corrected chi connectivity index (χ1v) is 11.0. The van der Waals surface area contributed by atoms with Crippen LogP contribution < -0.4 is 21.3 Å². The van der Waals surface area contributed by atoms with Crippen LogP contribution in [0, 0.1) is 0 Å². The number of piperidine rings is 1. The number of ether oxygens (including phenoxy) is 1. The van der Waals surface area contributed by atoms with Gasteiger partial charge in [0.1, 0.15) is 5.60 Å². The van der Waals surface area contributed by atoms with Crippen molar-refractivity contribution >= 4 is 41.9 Å². The number of nitrogens with zero attached hydrogens (tertiary/aromatic N) is 2. The first-order valence-electron chi connectivity index (χ1n) is 11.0. The van der Waals surface area contributed by atoms with E-state index in [0.29, 0.717) is 19.1 Å². The molecule has 9 nitrogen and oxygen atoms in total. The fourth-order valence-electron chi connectivity index (χ4n) is 3.40. The van der Waals surface area contributed by atoms with E-state index in [4.69, 9.17) is 4.74 Å². The van der Waals surface area contributed by atoms with Gasteiger partial charge in [-0.1, -0.05) is 13.8 Å². The van der Waals surface area contributed by atoms with Crippen LogP contribution in [0.5, 0.6) is 0 Å². The third-order valence-electron chi connectivity index (χ3n) is 5.51. The van der Waals surface area contributed by atoms with Crippen molar-refractivity contribution < 1.29 is 14.3 Å². The predicted molar refractivity (Wildman–Crippen MR) is 136 cm³/mol. The van der Waals surface area contributed by atoms with Gasteiger partial charge in [-0.3, -0.25) is 14.7 Å². The van der Waals surface area contributed by atoms with Gasteiger partial charge in [-0.05, 0) is 46.5 Å². The molecule has 0 aliphatic carbocycles. The van der Waals surface area contributed by atoms with Gasteiger partial charge in [0, 0.05) is 39.8 Å². The van der Waals surface area contributed by atoms with Crippen LogP contribution in [-0.2, 0) is 9.53 Å². The highest BCUT2D eigenvalue weighted by atomic mass is 127. The summed E-state index contributed by atoms with van der Waals surface area (Å²) in [4.78, 5) is 30.4. The second-order valence-electron chi connectivity index (χ2n) is 8.91. The molecule has 1 aliphatic rings. The van der Waals surface area contributed by atoms with E-state index in [-0.39, 0.29) is 29.9 Å². The smallest absolute Gasteiger partial charge is 0.408 e. The quantitative estimate of drug-likeness (QED) is 0.208. The number of nitrogens with one attached hydrogen (secondary N) is 4. The Kier molecular flexibility index (Phi) is 13.4. The van der Waals surface area contributed by atoms with E-state index >= 15 is 0 Å². The number of rotatable bonds is 8. The van der Waals surface area contributed by atoms with E-state index in [2.05, 4.69) is 45.0 Å². The molecule has 4 N–H and O–H groups in total. The summed E-state index contributed by atoms with van der Waals surface area (Å²) in [5.74, 6) is 0.767. The Morgan fingerprint density at radius 3 is 2.16 bits per heavy atom. The summed E-state index contributed by atoms with van der Waals surface area (Å²) >= 11 is 0. The monoisotopic (exact) mass is 554 g/mol. The predicted octanol–water partition coefficient (Wildman–Crippen LogP) is 2.06. The van der Waals surface area contributed by atoms with Crippen LogP contribution in [-0.4, -0.2) is 80.3 Å². The molecule has 1 saturated heterocycles. The number of amides is 2. The lowest BCUT2D eigenvalue weighted by molar-refractivity contribution is -0.122. The number of aliphatic imine (C=N–C) groups is 1. The lowest BCUT2D eigenvalue weighted by Crippen LogP contribution is -2.58. The minimum absolute atomic E-state index is 0. The van der Waals surface area contributed by atoms with Crippen LogP contribution in [0.25, 0.3) is 0 Å². The minimum atomic E-state index is -0.533. The maximum atomic E-state index is 12.3. The molecule has 0 unspecified atom stereocenters. The van der Waals surface area contributed by atoms with Gasteiger partial charge in [-0.25, -0.2) is 4.79 Å². The summed E-state index contributed by atoms with van der Waals surface area (Å²) in [5, 5.41) is 12.6. The molecule has 1 rings (SSSR count). The molecule has 0 bridgehead atoms. The Hall–Kier alpha value is -1.30. The van der Waals surface area contributed by atoms with Crippen LogP contribution in [0.4, 0.5) is 4.79 Å². The molecule has 31 heavy (non-hydrogen) atoms. The van der Waals surface area contributed by atoms with E-state index in [1.54, 1.807) is 14.1 Å². The van der Waals surface area contributed by atoms with E-state index in [0.717, 1.165) is 44.7 Å². The van der Waals surface area contributed by atoms with Crippen molar-refractivity contribution in [1.82, 2.24) is 26.2 Å². The average molecular weight is 555 g/mol. The zero-order chi connectivity index (χ0) is 22.8. The number of likely N-dealkylation sites (N-methyl/N-ethyl adjacent to an activating group) is 1. The zero-order valence-electron chi connectivity index (χ0n) is 20.3. The molecule has 1 aliphatic heterocycles. The summed E-state index contributed by atoms with van der Waals surface area (Å²) in [6.45, 7) is 12.4. The van der Waals surface area contributed by atoms with Crippen molar-refractivity contribution in [2.24, 2.45) is 4.99 Å². The number of hydrogen-bond acceptors (Lipinski definition) is 5. The van der Waals surface area contributed by atoms with Gasteiger partial charge in [-0.15, -0.1) is 24.0 Å². The fraction of sp³-hybridized carbons (Fsp3) is 0.857. The fourth-order valence-corrected chi connectivity index (χ4v) is 3.40. The Morgan fingerprint density at radius 1 is 1.13 bits per heavy atom. The van der Waals surface area contributed by atoms with Gasteiger partial charge in [0.2, 0.25) is 5.91 Å². The van der Waals surface area contributed by atoms with Crippen molar-refractivity contribution in [3.63, 3.8) is 0 Å². The Labute approximate surface area is 204 Å². The zero-order valence-corrected chi connectivity index (χ0v) is 22.6. The van der Waals surface area contributed by atoms with E-state index in [1.807, 2.05) is 20.8 Å². The van der Waals surface area contributed by atoms with Crippen molar-refractivity contribution in [2.45, 2.75) is 77.5 Å². The van der Waals surface area contributed by atoms with Gasteiger partial charge < -0.3 is 26.0 Å². The largest absolute Gasteiger partial charge is 0.444 e. The number of guanidine groups is 1. The molecule has 0 spiro atoms. The van der Waals surface area contributed by atoms with Gasteiger partial charge in [0.25, 0.3) is 0 Å². The van der Waals surface area contributed by atoms with Crippen LogP contribution in [0.15, 0.2) is 4.99 Å². The highest BCUT2D eigenvalue weighted by molar-refractivity contribution is 14.0.